The molecule has 1 N–H and O–H groups in total. The highest BCUT2D eigenvalue weighted by Gasteiger charge is 2.43. The number of hydrogen-bond donors (Lipinski definition) is 1. The molecule has 1 spiro atoms. The molecule has 1 aromatic heterocycles. The Morgan fingerprint density at radius 3 is 2.27 bits per heavy atom. The summed E-state index contributed by atoms with van der Waals surface area (Å²) >= 11 is 6.03. The van der Waals surface area contributed by atoms with Gasteiger partial charge in [-0.2, -0.15) is 0 Å². The minimum absolute atomic E-state index is 0.0461. The molecule has 2 saturated heterocycles. The van der Waals surface area contributed by atoms with E-state index in [-0.39, 0.29) is 22.5 Å². The van der Waals surface area contributed by atoms with E-state index in [0.29, 0.717) is 24.5 Å². The Kier molecular flexibility index (Phi) is 6.52. The molecular weight excluding hydrogens is 440 g/mol. The lowest BCUT2D eigenvalue weighted by atomic mass is 9.77. The number of halogens is 1. The van der Waals surface area contributed by atoms with E-state index in [2.05, 4.69) is 30.2 Å². The van der Waals surface area contributed by atoms with Gasteiger partial charge in [0.25, 0.3) is 5.91 Å². The average Bonchev–Trinajstić information content (AvgIpc) is 3.20. The number of carbonyl (C=O) groups excluding carboxylic acids is 2. The monoisotopic (exact) mass is 470 g/mol. The van der Waals surface area contributed by atoms with E-state index in [9.17, 15) is 9.59 Å². The highest BCUT2D eigenvalue weighted by Crippen LogP contribution is 2.41. The van der Waals surface area contributed by atoms with Crippen LogP contribution in [0.2, 0.25) is 5.15 Å². The second kappa shape index (κ2) is 9.21. The van der Waals surface area contributed by atoms with Crippen LogP contribution < -0.4 is 10.1 Å². The third-order valence-electron chi connectivity index (χ3n) is 7.15. The first-order chi connectivity index (χ1) is 15.7. The summed E-state index contributed by atoms with van der Waals surface area (Å²) in [4.78, 5) is 33.8. The van der Waals surface area contributed by atoms with E-state index >= 15 is 0 Å². The van der Waals surface area contributed by atoms with Gasteiger partial charge in [0.05, 0.1) is 7.11 Å². The number of ether oxygens (including phenoxy) is 1. The van der Waals surface area contributed by atoms with E-state index in [1.165, 1.54) is 18.2 Å². The van der Waals surface area contributed by atoms with Gasteiger partial charge in [-0.3, -0.25) is 4.79 Å². The summed E-state index contributed by atoms with van der Waals surface area (Å²) in [5.41, 5.74) is 4.88. The summed E-state index contributed by atoms with van der Waals surface area (Å²) in [6, 6.07) is 7.30. The minimum Gasteiger partial charge on any atom is -0.481 e. The molecule has 33 heavy (non-hydrogen) atoms. The van der Waals surface area contributed by atoms with Crippen molar-refractivity contribution in [2.45, 2.75) is 40.0 Å². The van der Waals surface area contributed by atoms with Crippen LogP contribution in [0, 0.1) is 26.2 Å². The van der Waals surface area contributed by atoms with E-state index in [4.69, 9.17) is 16.3 Å². The summed E-state index contributed by atoms with van der Waals surface area (Å²) in [5.74, 6) is 0.265. The standard InChI is InChI=1S/C25H31ClN4O3/c1-16-11-18(3)20(12-17(16)2)27-24(32)30-10-7-25(15-30)5-8-29(9-6-25)23(31)19-13-21(26)28-22(14-19)33-4/h11-14H,5-10,15H2,1-4H3,(H,27,32). The number of rotatable bonds is 3. The number of aromatic nitrogens is 1. The van der Waals surface area contributed by atoms with Crippen LogP contribution in [0.4, 0.5) is 10.5 Å². The zero-order valence-electron chi connectivity index (χ0n) is 19.7. The lowest BCUT2D eigenvalue weighted by Crippen LogP contribution is -2.45. The molecule has 2 aromatic rings. The lowest BCUT2D eigenvalue weighted by molar-refractivity contribution is 0.0594. The maximum atomic E-state index is 13.0. The van der Waals surface area contributed by atoms with Gasteiger partial charge in [-0.05, 0) is 74.3 Å². The second-order valence-corrected chi connectivity index (χ2v) is 9.75. The van der Waals surface area contributed by atoms with Crippen molar-refractivity contribution in [3.8, 4) is 5.88 Å². The van der Waals surface area contributed by atoms with Gasteiger partial charge in [-0.1, -0.05) is 17.7 Å². The Morgan fingerprint density at radius 1 is 0.970 bits per heavy atom. The fourth-order valence-electron chi connectivity index (χ4n) is 4.87. The smallest absolute Gasteiger partial charge is 0.321 e. The van der Waals surface area contributed by atoms with Gasteiger partial charge in [-0.25, -0.2) is 9.78 Å². The molecule has 0 saturated carbocycles. The van der Waals surface area contributed by atoms with Gasteiger partial charge >= 0.3 is 6.03 Å². The van der Waals surface area contributed by atoms with Crippen LogP contribution in [0.15, 0.2) is 24.3 Å². The first-order valence-corrected chi connectivity index (χ1v) is 11.7. The van der Waals surface area contributed by atoms with Crippen LogP contribution in [0.25, 0.3) is 0 Å². The number of nitrogens with zero attached hydrogens (tertiary/aromatic N) is 3. The van der Waals surface area contributed by atoms with Crippen LogP contribution >= 0.6 is 11.6 Å². The molecule has 0 bridgehead atoms. The molecule has 3 heterocycles. The molecule has 1 aromatic carbocycles. The summed E-state index contributed by atoms with van der Waals surface area (Å²) in [7, 11) is 1.50. The number of benzene rings is 1. The Bertz CT molecular complexity index is 1080. The van der Waals surface area contributed by atoms with Gasteiger partial charge < -0.3 is 19.9 Å². The zero-order valence-corrected chi connectivity index (χ0v) is 20.5. The molecule has 2 fully saturated rings. The topological polar surface area (TPSA) is 74.8 Å². The van der Waals surface area contributed by atoms with E-state index in [1.807, 2.05) is 22.8 Å². The molecular formula is C25H31ClN4O3. The van der Waals surface area contributed by atoms with Crippen LogP contribution in [-0.4, -0.2) is 60.0 Å². The Balaban J connectivity index is 1.36. The number of carbonyl (C=O) groups is 2. The van der Waals surface area contributed by atoms with Crippen LogP contribution in [0.5, 0.6) is 5.88 Å². The van der Waals surface area contributed by atoms with Crippen molar-refractivity contribution in [1.29, 1.82) is 0 Å². The number of amides is 3. The van der Waals surface area contributed by atoms with E-state index < -0.39 is 0 Å². The number of piperidine rings is 1. The first-order valence-electron chi connectivity index (χ1n) is 11.3. The lowest BCUT2D eigenvalue weighted by Gasteiger charge is -2.39. The molecule has 2 aliphatic heterocycles. The molecule has 0 atom stereocenters. The normalized spacial score (nSPS) is 17.4. The molecule has 8 heteroatoms. The molecule has 0 aliphatic carbocycles. The molecule has 0 radical (unpaired) electrons. The van der Waals surface area contributed by atoms with Crippen molar-refractivity contribution >= 4 is 29.2 Å². The average molecular weight is 471 g/mol. The Hall–Kier alpha value is -2.80. The highest BCUT2D eigenvalue weighted by molar-refractivity contribution is 6.29. The van der Waals surface area contributed by atoms with Gasteiger partial charge in [0.1, 0.15) is 5.15 Å². The van der Waals surface area contributed by atoms with Crippen molar-refractivity contribution in [1.82, 2.24) is 14.8 Å². The largest absolute Gasteiger partial charge is 0.481 e. The van der Waals surface area contributed by atoms with Crippen LogP contribution in [0.3, 0.4) is 0 Å². The zero-order chi connectivity index (χ0) is 23.8. The Labute approximate surface area is 200 Å². The van der Waals surface area contributed by atoms with E-state index in [0.717, 1.165) is 43.6 Å². The fourth-order valence-corrected chi connectivity index (χ4v) is 5.07. The number of pyridine rings is 1. The molecule has 7 nitrogen and oxygen atoms in total. The number of anilines is 1. The van der Waals surface area contributed by atoms with E-state index in [1.54, 1.807) is 12.1 Å². The SMILES string of the molecule is COc1cc(C(=O)N2CCC3(CCN(C(=O)Nc4cc(C)c(C)cc4C)C3)CC2)cc(Cl)n1. The predicted octanol–water partition coefficient (Wildman–Crippen LogP) is 4.83. The molecule has 3 amide bonds. The first kappa shape index (κ1) is 23.4. The quantitative estimate of drug-likeness (QED) is 0.652. The van der Waals surface area contributed by atoms with Crippen LogP contribution in [-0.2, 0) is 0 Å². The van der Waals surface area contributed by atoms with Crippen LogP contribution in [0.1, 0.15) is 46.3 Å². The fraction of sp³-hybridized carbons (Fsp3) is 0.480. The van der Waals surface area contributed by atoms with Crippen molar-refractivity contribution in [3.63, 3.8) is 0 Å². The molecule has 176 valence electrons. The maximum Gasteiger partial charge on any atom is 0.321 e. The van der Waals surface area contributed by atoms with Gasteiger partial charge in [-0.15, -0.1) is 0 Å². The van der Waals surface area contributed by atoms with Gasteiger partial charge in [0, 0.05) is 43.5 Å². The van der Waals surface area contributed by atoms with Gasteiger partial charge in [0.15, 0.2) is 0 Å². The maximum absolute atomic E-state index is 13.0. The number of nitrogens with one attached hydrogen (secondary N) is 1. The molecule has 4 rings (SSSR count). The third-order valence-corrected chi connectivity index (χ3v) is 7.34. The summed E-state index contributed by atoms with van der Waals surface area (Å²) in [5, 5.41) is 3.34. The molecule has 0 unspecified atom stereocenters. The van der Waals surface area contributed by atoms with Crippen molar-refractivity contribution in [3.05, 3.63) is 51.7 Å². The summed E-state index contributed by atoms with van der Waals surface area (Å²) in [6.45, 7) is 8.93. The molecule has 2 aliphatic rings. The van der Waals surface area contributed by atoms with Gasteiger partial charge in [0.2, 0.25) is 5.88 Å². The number of aryl methyl sites for hydroxylation is 3. The third kappa shape index (κ3) is 4.93. The van der Waals surface area contributed by atoms with Crippen molar-refractivity contribution < 1.29 is 14.3 Å². The summed E-state index contributed by atoms with van der Waals surface area (Å²) in [6.07, 6.45) is 2.71. The number of hydrogen-bond acceptors (Lipinski definition) is 4. The van der Waals surface area contributed by atoms with Crippen molar-refractivity contribution in [2.75, 3.05) is 38.6 Å². The number of urea groups is 1. The number of methoxy groups -OCH3 is 1. The minimum atomic E-state index is -0.0646. The van der Waals surface area contributed by atoms with Crippen molar-refractivity contribution in [2.24, 2.45) is 5.41 Å². The Morgan fingerprint density at radius 2 is 1.61 bits per heavy atom. The summed E-state index contributed by atoms with van der Waals surface area (Å²) < 4.78 is 5.14. The highest BCUT2D eigenvalue weighted by atomic mass is 35.5. The second-order valence-electron chi connectivity index (χ2n) is 9.37. The number of likely N-dealkylation sites (tertiary alicyclic amines) is 2. The predicted molar refractivity (Wildman–Crippen MR) is 129 cm³/mol.